The number of hydrogen-bond acceptors (Lipinski definition) is 10. The smallest absolute Gasteiger partial charge is 0.323 e. The number of amides is 3. The molecule has 13 nitrogen and oxygen atoms in total. The van der Waals surface area contributed by atoms with Gasteiger partial charge in [-0.15, -0.1) is 0 Å². The quantitative estimate of drug-likeness (QED) is 0.266. The fraction of sp³-hybridized carbons (Fsp3) is 0.208. The van der Waals surface area contributed by atoms with E-state index in [4.69, 9.17) is 9.88 Å². The molecule has 3 aromatic rings. The summed E-state index contributed by atoms with van der Waals surface area (Å²) in [6.07, 6.45) is 0. The van der Waals surface area contributed by atoms with Crippen molar-refractivity contribution in [3.05, 3.63) is 68.6 Å². The minimum atomic E-state index is -3.89. The van der Waals surface area contributed by atoms with Crippen molar-refractivity contribution in [1.29, 1.82) is 0 Å². The van der Waals surface area contributed by atoms with Crippen LogP contribution >= 0.6 is 23.1 Å². The zero-order chi connectivity index (χ0) is 28.8. The van der Waals surface area contributed by atoms with Crippen molar-refractivity contribution in [2.45, 2.75) is 21.1 Å². The van der Waals surface area contributed by atoms with Crippen molar-refractivity contribution in [3.63, 3.8) is 0 Å². The number of carboxylic acid groups (broad SMARTS) is 1. The van der Waals surface area contributed by atoms with Gasteiger partial charge in [0.25, 0.3) is 5.91 Å². The predicted octanol–water partition coefficient (Wildman–Crippen LogP) is 0.777. The molecule has 0 saturated carbocycles. The average Bonchev–Trinajstić information content (AvgIpc) is 3.38. The van der Waals surface area contributed by atoms with E-state index in [-0.39, 0.29) is 15.5 Å². The number of H-pyrrole nitrogens is 1. The second kappa shape index (κ2) is 10.5. The summed E-state index contributed by atoms with van der Waals surface area (Å²) in [7, 11) is -3.89. The number of benzene rings is 2. The fourth-order valence-electron chi connectivity index (χ4n) is 4.64. The van der Waals surface area contributed by atoms with Crippen LogP contribution in [0.2, 0.25) is 0 Å². The van der Waals surface area contributed by atoms with Crippen molar-refractivity contribution < 1.29 is 37.4 Å². The number of anilines is 1. The van der Waals surface area contributed by atoms with E-state index in [0.29, 0.717) is 26.1 Å². The van der Waals surface area contributed by atoms with Crippen molar-refractivity contribution in [2.75, 3.05) is 18.5 Å². The number of nitrogens with zero attached hydrogens (tertiary/aromatic N) is 1. The number of thioether (sulfide) groups is 1. The summed E-state index contributed by atoms with van der Waals surface area (Å²) in [5.74, 6) is -4.81. The Hall–Kier alpha value is -3.99. The highest BCUT2D eigenvalue weighted by molar-refractivity contribution is 8.00. The van der Waals surface area contributed by atoms with E-state index < -0.39 is 64.0 Å². The highest BCUT2D eigenvalue weighted by Crippen LogP contribution is 2.53. The fourth-order valence-corrected chi connectivity index (χ4v) is 7.68. The molecule has 5 rings (SSSR count). The van der Waals surface area contributed by atoms with Crippen LogP contribution in [-0.4, -0.2) is 65.5 Å². The number of aromatic amines is 1. The van der Waals surface area contributed by atoms with Crippen LogP contribution in [-0.2, 0) is 29.2 Å². The molecule has 5 N–H and O–H groups in total. The summed E-state index contributed by atoms with van der Waals surface area (Å²) >= 11 is 1.90. The lowest BCUT2D eigenvalue weighted by molar-refractivity contribution is -0.149. The summed E-state index contributed by atoms with van der Waals surface area (Å²) < 4.78 is 28.6. The highest BCUT2D eigenvalue weighted by atomic mass is 32.2. The lowest BCUT2D eigenvalue weighted by Crippen LogP contribution is -2.36. The second-order valence-corrected chi connectivity index (χ2v) is 12.6. The Balaban J connectivity index is 1.41. The number of para-hydroxylation sites is 1. The van der Waals surface area contributed by atoms with Gasteiger partial charge in [-0.25, -0.2) is 13.6 Å². The van der Waals surface area contributed by atoms with Gasteiger partial charge in [0.1, 0.15) is 17.5 Å². The Morgan fingerprint density at radius 3 is 2.45 bits per heavy atom. The van der Waals surface area contributed by atoms with Crippen LogP contribution in [0, 0.1) is 5.92 Å². The largest absolute Gasteiger partial charge is 0.483 e. The lowest BCUT2D eigenvalue weighted by Gasteiger charge is -2.30. The summed E-state index contributed by atoms with van der Waals surface area (Å²) in [6.45, 7) is -1.24. The number of aliphatic carboxylic acids is 1. The van der Waals surface area contributed by atoms with E-state index in [1.165, 1.54) is 24.3 Å². The van der Waals surface area contributed by atoms with E-state index in [1.807, 2.05) is 0 Å². The van der Waals surface area contributed by atoms with Gasteiger partial charge in [0.05, 0.1) is 15.8 Å². The van der Waals surface area contributed by atoms with Gasteiger partial charge in [-0.05, 0) is 30.3 Å². The van der Waals surface area contributed by atoms with Gasteiger partial charge in [-0.3, -0.25) is 28.9 Å². The predicted molar refractivity (Wildman–Crippen MR) is 143 cm³/mol. The topological polar surface area (TPSA) is 206 Å². The SMILES string of the molecule is NS(=O)(=O)c1ccc(NC(=O)COc2ccccc2[C@@H]2c3sc(=O)[nH]c3S[C@@H]3C(=O)N(CC(=O)O)C(=O)[C@H]23)cc1. The van der Waals surface area contributed by atoms with E-state index in [1.54, 1.807) is 24.3 Å². The van der Waals surface area contributed by atoms with E-state index in [2.05, 4.69) is 10.3 Å². The Morgan fingerprint density at radius 1 is 1.07 bits per heavy atom. The van der Waals surface area contributed by atoms with Crippen LogP contribution < -0.4 is 20.1 Å². The van der Waals surface area contributed by atoms with Crippen molar-refractivity contribution in [3.8, 4) is 5.75 Å². The number of thiazole rings is 1. The molecular weight excluding hydrogens is 584 g/mol. The number of primary sulfonamides is 1. The number of nitrogens with two attached hydrogens (primary N) is 1. The number of aromatic nitrogens is 1. The molecule has 0 aliphatic carbocycles. The number of carbonyl (C=O) groups excluding carboxylic acids is 3. The first-order valence-corrected chi connectivity index (χ1v) is 14.8. The molecule has 1 aromatic heterocycles. The number of likely N-dealkylation sites (tertiary alicyclic amines) is 1. The van der Waals surface area contributed by atoms with Crippen LogP contribution in [0.5, 0.6) is 5.75 Å². The summed E-state index contributed by atoms with van der Waals surface area (Å²) in [4.78, 5) is 65.9. The van der Waals surface area contributed by atoms with Gasteiger partial charge in [-0.1, -0.05) is 41.3 Å². The molecule has 16 heteroatoms. The normalized spacial score (nSPS) is 20.1. The average molecular weight is 605 g/mol. The summed E-state index contributed by atoms with van der Waals surface area (Å²) in [6, 6.07) is 11.8. The molecule has 0 spiro atoms. The van der Waals surface area contributed by atoms with Gasteiger partial charge in [0.15, 0.2) is 6.61 Å². The summed E-state index contributed by atoms with van der Waals surface area (Å²) in [5.41, 5.74) is 0.745. The molecule has 3 heterocycles. The van der Waals surface area contributed by atoms with E-state index >= 15 is 0 Å². The maximum Gasteiger partial charge on any atom is 0.323 e. The number of ether oxygens (including phenoxy) is 1. The van der Waals surface area contributed by atoms with Crippen LogP contribution in [0.4, 0.5) is 5.69 Å². The van der Waals surface area contributed by atoms with Gasteiger partial charge in [0.2, 0.25) is 21.8 Å². The number of imide groups is 1. The molecule has 40 heavy (non-hydrogen) atoms. The Labute approximate surface area is 234 Å². The zero-order valence-electron chi connectivity index (χ0n) is 20.2. The number of nitrogens with one attached hydrogen (secondary N) is 2. The van der Waals surface area contributed by atoms with Crippen LogP contribution in [0.15, 0.2) is 63.2 Å². The molecule has 2 aliphatic heterocycles. The van der Waals surface area contributed by atoms with Gasteiger partial charge < -0.3 is 20.1 Å². The van der Waals surface area contributed by atoms with Crippen molar-refractivity contribution in [1.82, 2.24) is 9.88 Å². The van der Waals surface area contributed by atoms with Gasteiger partial charge in [-0.2, -0.15) is 0 Å². The molecule has 0 unspecified atom stereocenters. The van der Waals surface area contributed by atoms with Crippen LogP contribution in [0.3, 0.4) is 0 Å². The first kappa shape index (κ1) is 27.6. The third kappa shape index (κ3) is 5.25. The third-order valence-corrected chi connectivity index (χ3v) is 9.62. The lowest BCUT2D eigenvalue weighted by atomic mass is 9.82. The molecule has 2 aromatic carbocycles. The molecule has 0 bridgehead atoms. The number of fused-ring (bicyclic) bond motifs is 2. The third-order valence-electron chi connectivity index (χ3n) is 6.29. The molecule has 1 saturated heterocycles. The maximum atomic E-state index is 13.3. The number of sulfonamides is 1. The molecule has 3 atom stereocenters. The Kier molecular flexibility index (Phi) is 7.26. The van der Waals surface area contributed by atoms with Crippen LogP contribution in [0.25, 0.3) is 0 Å². The molecular formula is C24H20N4O9S3. The minimum Gasteiger partial charge on any atom is -0.483 e. The zero-order valence-corrected chi connectivity index (χ0v) is 22.7. The van der Waals surface area contributed by atoms with E-state index in [0.717, 1.165) is 23.1 Å². The van der Waals surface area contributed by atoms with Crippen molar-refractivity contribution >= 4 is 62.5 Å². The summed E-state index contributed by atoms with van der Waals surface area (Å²) in [5, 5.41) is 16.3. The van der Waals surface area contributed by atoms with E-state index in [9.17, 15) is 37.5 Å². The molecule has 3 amide bonds. The first-order valence-electron chi connectivity index (χ1n) is 11.5. The minimum absolute atomic E-state index is 0.118. The number of carboxylic acids is 1. The second-order valence-electron chi connectivity index (χ2n) is 8.85. The maximum absolute atomic E-state index is 13.3. The number of carbonyl (C=O) groups is 4. The monoisotopic (exact) mass is 604 g/mol. The van der Waals surface area contributed by atoms with Crippen LogP contribution in [0.1, 0.15) is 16.4 Å². The van der Waals surface area contributed by atoms with Crippen molar-refractivity contribution in [2.24, 2.45) is 11.1 Å². The Bertz CT molecular complexity index is 1700. The van der Waals surface area contributed by atoms with Gasteiger partial charge in [0, 0.05) is 22.0 Å². The molecule has 2 aliphatic rings. The molecule has 1 fully saturated rings. The standard InChI is InChI=1S/C24H20N4O9S3/c25-40(35,36)12-7-5-11(6-8-12)26-15(29)10-37-14-4-2-1-3-13(14)17-18-20(38-21-19(17)39-24(34)27-21)23(33)28(22(18)32)9-16(30)31/h1-8,17-18,20H,9-10H2,(H,26,29)(H,27,34)(H,30,31)(H2,25,35,36)/t17-,18+,20-/m0/s1. The van der Waals surface area contributed by atoms with Gasteiger partial charge >= 0.3 is 10.8 Å². The highest BCUT2D eigenvalue weighted by Gasteiger charge is 2.56. The number of rotatable bonds is 8. The molecule has 208 valence electrons. The molecule has 0 radical (unpaired) electrons. The Morgan fingerprint density at radius 2 is 1.77 bits per heavy atom. The first-order chi connectivity index (χ1) is 18.9. The number of hydrogen-bond donors (Lipinski definition) is 4.